The molecule has 0 N–H and O–H groups in total. The van der Waals surface area contributed by atoms with Crippen LogP contribution in [0.1, 0.15) is 20.3 Å². The fraction of sp³-hybridized carbons (Fsp3) is 0.833. The van der Waals surface area contributed by atoms with E-state index >= 15 is 0 Å². The van der Waals surface area contributed by atoms with Crippen LogP contribution in [0.5, 0.6) is 0 Å². The van der Waals surface area contributed by atoms with Crippen molar-refractivity contribution in [2.24, 2.45) is 0 Å². The van der Waals surface area contributed by atoms with Gasteiger partial charge in [0.15, 0.2) is 0 Å². The first kappa shape index (κ1) is 8.02. The molecular weight excluding hydrogens is 120 g/mol. The van der Waals surface area contributed by atoms with E-state index in [-0.39, 0.29) is 5.78 Å². The van der Waals surface area contributed by atoms with Crippen molar-refractivity contribution in [1.82, 2.24) is 0 Å². The van der Waals surface area contributed by atoms with Crippen LogP contribution in [0.4, 0.5) is 0 Å². The second-order valence-corrected chi connectivity index (χ2v) is 3.23. The van der Waals surface area contributed by atoms with Gasteiger partial charge in [-0.2, -0.15) is 11.8 Å². The Morgan fingerprint density at radius 1 is 1.75 bits per heavy atom. The largest absolute Gasteiger partial charge is 0.300 e. The molecule has 1 nitrogen and oxygen atoms in total. The van der Waals surface area contributed by atoms with Crippen molar-refractivity contribution in [1.29, 1.82) is 0 Å². The molecule has 0 bridgehead atoms. The molecule has 0 aromatic rings. The van der Waals surface area contributed by atoms with Crippen molar-refractivity contribution in [3.8, 4) is 0 Å². The van der Waals surface area contributed by atoms with Crippen molar-refractivity contribution in [3.63, 3.8) is 0 Å². The minimum absolute atomic E-state index is 0.284. The van der Waals surface area contributed by atoms with Crippen LogP contribution in [0.3, 0.4) is 0 Å². The SMILES string of the molecule is CSC(C)CC(C)=O. The van der Waals surface area contributed by atoms with Gasteiger partial charge in [-0.05, 0) is 13.2 Å². The fourth-order valence-electron chi connectivity index (χ4n) is 0.488. The normalized spacial score (nSPS) is 13.4. The minimum Gasteiger partial charge on any atom is -0.300 e. The number of carbonyl (C=O) groups excluding carboxylic acids is 1. The second kappa shape index (κ2) is 3.96. The van der Waals surface area contributed by atoms with Crippen LogP contribution < -0.4 is 0 Å². The van der Waals surface area contributed by atoms with Crippen LogP contribution in [0, 0.1) is 0 Å². The Labute approximate surface area is 54.8 Å². The van der Waals surface area contributed by atoms with Gasteiger partial charge in [0.25, 0.3) is 0 Å². The summed E-state index contributed by atoms with van der Waals surface area (Å²) in [6.07, 6.45) is 2.73. The summed E-state index contributed by atoms with van der Waals surface area (Å²) in [5.41, 5.74) is 0. The van der Waals surface area contributed by atoms with E-state index in [1.54, 1.807) is 18.7 Å². The topological polar surface area (TPSA) is 17.1 Å². The molecule has 0 heterocycles. The lowest BCUT2D eigenvalue weighted by molar-refractivity contribution is -0.116. The van der Waals surface area contributed by atoms with Gasteiger partial charge in [0.05, 0.1) is 0 Å². The Balaban J connectivity index is 3.24. The van der Waals surface area contributed by atoms with Gasteiger partial charge in [-0.25, -0.2) is 0 Å². The predicted molar refractivity (Wildman–Crippen MR) is 38.3 cm³/mol. The van der Waals surface area contributed by atoms with Crippen molar-refractivity contribution in [2.75, 3.05) is 6.26 Å². The first-order valence-electron chi connectivity index (χ1n) is 2.69. The Kier molecular flexibility index (Phi) is 3.97. The van der Waals surface area contributed by atoms with E-state index in [1.165, 1.54) is 0 Å². The van der Waals surface area contributed by atoms with Gasteiger partial charge < -0.3 is 0 Å². The maximum atomic E-state index is 10.4. The van der Waals surface area contributed by atoms with Gasteiger partial charge in [0.1, 0.15) is 5.78 Å². The van der Waals surface area contributed by atoms with Crippen molar-refractivity contribution in [2.45, 2.75) is 25.5 Å². The molecular formula is C6H12OS. The zero-order chi connectivity index (χ0) is 6.57. The maximum Gasteiger partial charge on any atom is 0.130 e. The monoisotopic (exact) mass is 132 g/mol. The first-order valence-corrected chi connectivity index (χ1v) is 3.98. The molecule has 2 heteroatoms. The molecule has 1 unspecified atom stereocenters. The van der Waals surface area contributed by atoms with Gasteiger partial charge >= 0.3 is 0 Å². The van der Waals surface area contributed by atoms with Crippen LogP contribution in [0.2, 0.25) is 0 Å². The molecule has 0 aliphatic rings. The molecule has 0 fully saturated rings. The van der Waals surface area contributed by atoms with E-state index in [0.717, 1.165) is 0 Å². The average Bonchev–Trinajstić information content (AvgIpc) is 1.65. The van der Waals surface area contributed by atoms with Crippen LogP contribution in [-0.4, -0.2) is 17.3 Å². The smallest absolute Gasteiger partial charge is 0.130 e. The van der Waals surface area contributed by atoms with E-state index in [0.29, 0.717) is 11.7 Å². The first-order chi connectivity index (χ1) is 3.66. The summed E-state index contributed by atoms with van der Waals surface area (Å²) in [6, 6.07) is 0. The number of Topliss-reactive ketones (excluding diaryl/α,β-unsaturated/α-hetero) is 1. The van der Waals surface area contributed by atoms with Crippen LogP contribution in [0.15, 0.2) is 0 Å². The summed E-state index contributed by atoms with van der Waals surface area (Å²) in [6.45, 7) is 3.69. The summed E-state index contributed by atoms with van der Waals surface area (Å²) < 4.78 is 0. The molecule has 0 aliphatic heterocycles. The highest BCUT2D eigenvalue weighted by Crippen LogP contribution is 2.08. The lowest BCUT2D eigenvalue weighted by atomic mass is 10.2. The van der Waals surface area contributed by atoms with Crippen molar-refractivity contribution >= 4 is 17.5 Å². The molecule has 0 radical (unpaired) electrons. The van der Waals surface area contributed by atoms with Gasteiger partial charge in [0, 0.05) is 11.7 Å². The predicted octanol–water partition coefficient (Wildman–Crippen LogP) is 1.72. The van der Waals surface area contributed by atoms with Crippen LogP contribution in [0.25, 0.3) is 0 Å². The van der Waals surface area contributed by atoms with E-state index in [4.69, 9.17) is 0 Å². The highest BCUT2D eigenvalue weighted by atomic mass is 32.2. The van der Waals surface area contributed by atoms with Gasteiger partial charge in [0.2, 0.25) is 0 Å². The third-order valence-electron chi connectivity index (χ3n) is 0.977. The molecule has 8 heavy (non-hydrogen) atoms. The van der Waals surface area contributed by atoms with Crippen LogP contribution >= 0.6 is 11.8 Å². The van der Waals surface area contributed by atoms with E-state index in [1.807, 2.05) is 6.26 Å². The molecule has 0 saturated carbocycles. The number of hydrogen-bond acceptors (Lipinski definition) is 2. The highest BCUT2D eigenvalue weighted by molar-refractivity contribution is 7.99. The number of thioether (sulfide) groups is 1. The van der Waals surface area contributed by atoms with Gasteiger partial charge in [-0.3, -0.25) is 4.79 Å². The molecule has 0 aromatic heterocycles. The van der Waals surface area contributed by atoms with Crippen molar-refractivity contribution < 1.29 is 4.79 Å². The number of hydrogen-bond donors (Lipinski definition) is 0. The standard InChI is InChI=1S/C6H12OS/c1-5(7)4-6(2)8-3/h6H,4H2,1-3H3. The summed E-state index contributed by atoms with van der Waals surface area (Å²) in [7, 11) is 0. The Hall–Kier alpha value is 0.0200. The molecule has 0 aliphatic carbocycles. The zero-order valence-electron chi connectivity index (χ0n) is 5.60. The number of carbonyl (C=O) groups is 1. The summed E-state index contributed by atoms with van der Waals surface area (Å²) in [5.74, 6) is 0.284. The quantitative estimate of drug-likeness (QED) is 0.581. The van der Waals surface area contributed by atoms with Crippen LogP contribution in [-0.2, 0) is 4.79 Å². The lowest BCUT2D eigenvalue weighted by Crippen LogP contribution is -2.01. The van der Waals surface area contributed by atoms with E-state index < -0.39 is 0 Å². The van der Waals surface area contributed by atoms with Gasteiger partial charge in [-0.15, -0.1) is 0 Å². The Morgan fingerprint density at radius 3 is 2.38 bits per heavy atom. The van der Waals surface area contributed by atoms with Crippen molar-refractivity contribution in [3.05, 3.63) is 0 Å². The van der Waals surface area contributed by atoms with E-state index in [2.05, 4.69) is 6.92 Å². The molecule has 0 amide bonds. The second-order valence-electron chi connectivity index (χ2n) is 1.95. The Bertz CT molecular complexity index is 80.6. The summed E-state index contributed by atoms with van der Waals surface area (Å²) >= 11 is 1.73. The Morgan fingerprint density at radius 2 is 2.25 bits per heavy atom. The summed E-state index contributed by atoms with van der Waals surface area (Å²) in [4.78, 5) is 10.4. The highest BCUT2D eigenvalue weighted by Gasteiger charge is 2.00. The third-order valence-corrected chi connectivity index (χ3v) is 1.95. The van der Waals surface area contributed by atoms with E-state index in [9.17, 15) is 4.79 Å². The fourth-order valence-corrected chi connectivity index (χ4v) is 0.890. The number of ketones is 1. The van der Waals surface area contributed by atoms with Gasteiger partial charge in [-0.1, -0.05) is 6.92 Å². The number of rotatable bonds is 3. The third kappa shape index (κ3) is 4.19. The molecule has 0 rings (SSSR count). The molecule has 0 spiro atoms. The summed E-state index contributed by atoms with van der Waals surface area (Å²) in [5, 5.41) is 0.493. The lowest BCUT2D eigenvalue weighted by Gasteiger charge is -2.01. The zero-order valence-corrected chi connectivity index (χ0v) is 6.42. The molecule has 1 atom stereocenters. The molecule has 48 valence electrons. The minimum atomic E-state index is 0.284. The molecule has 0 saturated heterocycles. The average molecular weight is 132 g/mol. The molecule has 0 aromatic carbocycles. The maximum absolute atomic E-state index is 10.4.